The van der Waals surface area contributed by atoms with Gasteiger partial charge in [0.2, 0.25) is 0 Å². The molecule has 2 aromatic heterocycles. The Morgan fingerprint density at radius 1 is 1.30 bits per heavy atom. The first kappa shape index (κ1) is 27.8. The second-order valence-electron chi connectivity index (χ2n) is 8.39. The highest BCUT2D eigenvalue weighted by Gasteiger charge is 2.18. The molecule has 37 heavy (non-hydrogen) atoms. The van der Waals surface area contributed by atoms with Crippen molar-refractivity contribution in [3.63, 3.8) is 0 Å². The van der Waals surface area contributed by atoms with Crippen LogP contribution in [0.15, 0.2) is 81.0 Å². The quantitative estimate of drug-likeness (QED) is 0.241. The van der Waals surface area contributed by atoms with E-state index in [2.05, 4.69) is 48.1 Å². The first-order valence-electron chi connectivity index (χ1n) is 12.4. The van der Waals surface area contributed by atoms with E-state index < -0.39 is 0 Å². The Kier molecular flexibility index (Phi) is 10.6. The Balaban J connectivity index is 1.65. The molecule has 0 saturated heterocycles. The van der Waals surface area contributed by atoms with Gasteiger partial charge in [0, 0.05) is 49.2 Å². The largest absolute Gasteiger partial charge is 0.512 e. The Bertz CT molecular complexity index is 1200. The maximum Gasteiger partial charge on any atom is 0.188 e. The molecule has 0 fully saturated rings. The number of anilines is 2. The van der Waals surface area contributed by atoms with Crippen LogP contribution in [0.1, 0.15) is 45.1 Å². The van der Waals surface area contributed by atoms with E-state index in [9.17, 15) is 5.11 Å². The van der Waals surface area contributed by atoms with Crippen LogP contribution in [0, 0.1) is 6.92 Å². The van der Waals surface area contributed by atoms with Crippen molar-refractivity contribution in [2.45, 2.75) is 47.1 Å². The van der Waals surface area contributed by atoms with Crippen molar-refractivity contribution in [3.8, 4) is 0 Å². The fourth-order valence-electron chi connectivity index (χ4n) is 3.85. The number of likely N-dealkylation sites (N-methyl/N-ethyl adjacent to an activating group) is 1. The summed E-state index contributed by atoms with van der Waals surface area (Å²) in [6.07, 6.45) is 10.6. The molecule has 3 rings (SSSR count). The molecule has 0 spiro atoms. The van der Waals surface area contributed by atoms with Gasteiger partial charge in [-0.2, -0.15) is 8.75 Å². The second kappa shape index (κ2) is 14.1. The molecule has 2 heterocycles. The molecule has 1 aliphatic rings. The van der Waals surface area contributed by atoms with Gasteiger partial charge in [-0.3, -0.25) is 0 Å². The summed E-state index contributed by atoms with van der Waals surface area (Å²) in [7, 11) is 0. The second-order valence-corrected chi connectivity index (χ2v) is 8.92. The first-order chi connectivity index (χ1) is 17.9. The van der Waals surface area contributed by atoms with Gasteiger partial charge in [0.25, 0.3) is 0 Å². The fraction of sp³-hybridized carbons (Fsp3) is 0.370. The summed E-state index contributed by atoms with van der Waals surface area (Å²) in [5.74, 6) is 4.06. The predicted octanol–water partition coefficient (Wildman–Crippen LogP) is 5.89. The summed E-state index contributed by atoms with van der Waals surface area (Å²) in [4.78, 5) is 6.47. The van der Waals surface area contributed by atoms with Crippen molar-refractivity contribution in [3.05, 3.63) is 83.1 Å². The number of allylic oxidation sites excluding steroid dienone is 5. The van der Waals surface area contributed by atoms with Crippen LogP contribution >= 0.6 is 11.7 Å². The number of furan rings is 1. The SMILES string of the molecule is C=C(/C1=C(\O)C/C(Nc2nsnc2NCc2ccc(C)o2)=C\C=CC1)N(CC)CCNC(=C/C)/N=C\C. The number of aromatic nitrogens is 2. The number of hydrogen-bond donors (Lipinski definition) is 4. The van der Waals surface area contributed by atoms with Crippen molar-refractivity contribution >= 4 is 29.6 Å². The van der Waals surface area contributed by atoms with Gasteiger partial charge >= 0.3 is 0 Å². The smallest absolute Gasteiger partial charge is 0.188 e. The molecule has 198 valence electrons. The van der Waals surface area contributed by atoms with Crippen molar-refractivity contribution < 1.29 is 9.52 Å². The summed E-state index contributed by atoms with van der Waals surface area (Å²) < 4.78 is 14.4. The minimum absolute atomic E-state index is 0.285. The fourth-order valence-corrected chi connectivity index (χ4v) is 4.34. The lowest BCUT2D eigenvalue weighted by molar-refractivity contribution is 0.351. The van der Waals surface area contributed by atoms with E-state index in [-0.39, 0.29) is 5.76 Å². The lowest BCUT2D eigenvalue weighted by atomic mass is 10.0. The van der Waals surface area contributed by atoms with Gasteiger partial charge in [0.05, 0.1) is 18.3 Å². The number of hydrogen-bond acceptors (Lipinski definition) is 10. The third kappa shape index (κ3) is 8.11. The molecular weight excluding hydrogens is 486 g/mol. The van der Waals surface area contributed by atoms with Crippen LogP contribution in [-0.4, -0.2) is 44.6 Å². The highest BCUT2D eigenvalue weighted by molar-refractivity contribution is 6.99. The molecule has 2 aromatic rings. The number of aliphatic hydroxyl groups excluding tert-OH is 1. The van der Waals surface area contributed by atoms with E-state index in [1.165, 1.54) is 0 Å². The Morgan fingerprint density at radius 2 is 2.11 bits per heavy atom. The minimum atomic E-state index is 0.285. The number of aliphatic hydroxyl groups is 1. The van der Waals surface area contributed by atoms with Gasteiger partial charge in [-0.15, -0.1) is 0 Å². The number of nitrogens with one attached hydrogen (secondary N) is 3. The molecule has 0 unspecified atom stereocenters. The lowest BCUT2D eigenvalue weighted by Crippen LogP contribution is -2.31. The summed E-state index contributed by atoms with van der Waals surface area (Å²) in [5, 5.41) is 21.0. The van der Waals surface area contributed by atoms with Gasteiger partial charge < -0.3 is 30.4 Å². The van der Waals surface area contributed by atoms with Crippen LogP contribution in [0.5, 0.6) is 0 Å². The zero-order chi connectivity index (χ0) is 26.6. The van der Waals surface area contributed by atoms with Crippen LogP contribution in [0.4, 0.5) is 11.6 Å². The number of aliphatic imine (C=N–C) groups is 1. The molecule has 0 radical (unpaired) electrons. The lowest BCUT2D eigenvalue weighted by Gasteiger charge is -2.28. The van der Waals surface area contributed by atoms with E-state index in [1.807, 2.05) is 57.2 Å². The number of nitrogens with zero attached hydrogens (tertiary/aromatic N) is 4. The molecule has 1 aliphatic carbocycles. The van der Waals surface area contributed by atoms with E-state index in [0.29, 0.717) is 37.6 Å². The molecule has 0 amide bonds. The van der Waals surface area contributed by atoms with Gasteiger partial charge in [-0.05, 0) is 58.4 Å². The van der Waals surface area contributed by atoms with Crippen LogP contribution < -0.4 is 16.0 Å². The monoisotopic (exact) mass is 523 g/mol. The van der Waals surface area contributed by atoms with E-state index in [1.54, 1.807) is 6.21 Å². The third-order valence-electron chi connectivity index (χ3n) is 5.80. The number of rotatable bonds is 13. The van der Waals surface area contributed by atoms with Crippen molar-refractivity contribution in [2.24, 2.45) is 4.99 Å². The molecule has 0 aromatic carbocycles. The average Bonchev–Trinajstić information content (AvgIpc) is 3.50. The van der Waals surface area contributed by atoms with Crippen molar-refractivity contribution in [2.75, 3.05) is 30.3 Å². The third-order valence-corrected chi connectivity index (χ3v) is 6.32. The summed E-state index contributed by atoms with van der Waals surface area (Å²) in [5.41, 5.74) is 2.45. The normalized spacial score (nSPS) is 17.7. The zero-order valence-electron chi connectivity index (χ0n) is 22.0. The number of aryl methyl sites for hydroxylation is 1. The van der Waals surface area contributed by atoms with Crippen LogP contribution in [0.2, 0.25) is 0 Å². The van der Waals surface area contributed by atoms with E-state index in [0.717, 1.165) is 59.1 Å². The van der Waals surface area contributed by atoms with E-state index in [4.69, 9.17) is 4.42 Å². The summed E-state index contributed by atoms with van der Waals surface area (Å²) in [6, 6.07) is 3.86. The first-order valence-corrected chi connectivity index (χ1v) is 13.2. The van der Waals surface area contributed by atoms with Gasteiger partial charge in [0.1, 0.15) is 23.1 Å². The molecule has 0 aliphatic heterocycles. The molecule has 10 heteroatoms. The van der Waals surface area contributed by atoms with Crippen LogP contribution in [0.3, 0.4) is 0 Å². The Labute approximate surface area is 223 Å². The molecular formula is C27H37N7O2S. The predicted molar refractivity (Wildman–Crippen MR) is 153 cm³/mol. The summed E-state index contributed by atoms with van der Waals surface area (Å²) >= 11 is 1.12. The van der Waals surface area contributed by atoms with Crippen molar-refractivity contribution in [1.82, 2.24) is 19.0 Å². The Morgan fingerprint density at radius 3 is 2.81 bits per heavy atom. The molecule has 0 saturated carbocycles. The molecule has 9 nitrogen and oxygen atoms in total. The van der Waals surface area contributed by atoms with E-state index >= 15 is 0 Å². The standard InChI is InChI=1S/C27H37N7O2S/c1-6-25(28-7-2)29-15-16-34(8-3)20(5)23-12-10-9-11-21(17-24(23)35)31-27-26(32-37-33-27)30-18-22-14-13-19(4)36-22/h6-7,9-11,13-14,29,35H,5,8,12,15-18H2,1-4H3,(H,30,32)(H,31,33)/b10-9?,21-11+,24-23-,25-6+,28-7-. The van der Waals surface area contributed by atoms with Gasteiger partial charge in [-0.1, -0.05) is 18.7 Å². The molecule has 0 bridgehead atoms. The maximum absolute atomic E-state index is 11.1. The molecule has 4 N–H and O–H groups in total. The molecule has 0 atom stereocenters. The topological polar surface area (TPSA) is 111 Å². The van der Waals surface area contributed by atoms with Crippen LogP contribution in [0.25, 0.3) is 0 Å². The highest BCUT2D eigenvalue weighted by Crippen LogP contribution is 2.28. The van der Waals surface area contributed by atoms with Crippen molar-refractivity contribution in [1.29, 1.82) is 0 Å². The van der Waals surface area contributed by atoms with Gasteiger partial charge in [-0.25, -0.2) is 4.99 Å². The Hall–Kier alpha value is -3.79. The average molecular weight is 524 g/mol. The van der Waals surface area contributed by atoms with Gasteiger partial charge in [0.15, 0.2) is 11.6 Å². The zero-order valence-corrected chi connectivity index (χ0v) is 22.9. The minimum Gasteiger partial charge on any atom is -0.512 e. The highest BCUT2D eigenvalue weighted by atomic mass is 32.1. The maximum atomic E-state index is 11.1. The van der Waals surface area contributed by atoms with Crippen LogP contribution in [-0.2, 0) is 6.54 Å². The summed E-state index contributed by atoms with van der Waals surface area (Å²) in [6.45, 7) is 14.9.